The quantitative estimate of drug-likeness (QED) is 0.659. The van der Waals surface area contributed by atoms with Crippen LogP contribution in [0, 0.1) is 17.8 Å². The lowest BCUT2D eigenvalue weighted by Crippen LogP contribution is -2.43. The maximum absolute atomic E-state index is 10.4. The van der Waals surface area contributed by atoms with Crippen LogP contribution in [0.1, 0.15) is 33.1 Å². The van der Waals surface area contributed by atoms with Crippen molar-refractivity contribution >= 4 is 0 Å². The first-order valence-corrected chi connectivity index (χ1v) is 7.96. The highest BCUT2D eigenvalue weighted by atomic mass is 16.5. The summed E-state index contributed by atoms with van der Waals surface area (Å²) in [5.74, 6) is 1.64. The molecule has 4 nitrogen and oxygen atoms in total. The van der Waals surface area contributed by atoms with Crippen LogP contribution in [0.5, 0.6) is 0 Å². The molecule has 120 valence electrons. The number of rotatable bonds is 9. The molecule has 1 N–H and O–H groups in total. The lowest BCUT2D eigenvalue weighted by atomic mass is 9.73. The van der Waals surface area contributed by atoms with E-state index in [0.717, 1.165) is 45.7 Å². The summed E-state index contributed by atoms with van der Waals surface area (Å²) in [4.78, 5) is 2.42. The maximum Gasteiger partial charge on any atom is 0.0589 e. The maximum atomic E-state index is 10.4. The molecule has 0 radical (unpaired) electrons. The van der Waals surface area contributed by atoms with Crippen LogP contribution in [0.25, 0.3) is 0 Å². The number of aliphatic hydroxyl groups excluding tert-OH is 1. The van der Waals surface area contributed by atoms with E-state index in [9.17, 15) is 5.11 Å². The minimum absolute atomic E-state index is 0.152. The molecule has 0 aliphatic heterocycles. The average molecular weight is 287 g/mol. The highest BCUT2D eigenvalue weighted by Gasteiger charge is 2.33. The van der Waals surface area contributed by atoms with Crippen LogP contribution in [0.4, 0.5) is 0 Å². The van der Waals surface area contributed by atoms with Gasteiger partial charge in [-0.05, 0) is 31.1 Å². The highest BCUT2D eigenvalue weighted by molar-refractivity contribution is 4.84. The Morgan fingerprint density at radius 1 is 1.05 bits per heavy atom. The molecule has 0 amide bonds. The van der Waals surface area contributed by atoms with E-state index in [2.05, 4.69) is 18.7 Å². The van der Waals surface area contributed by atoms with E-state index in [0.29, 0.717) is 17.8 Å². The summed E-state index contributed by atoms with van der Waals surface area (Å²) in [6, 6.07) is 0. The van der Waals surface area contributed by atoms with E-state index >= 15 is 0 Å². The molecule has 0 saturated heterocycles. The standard InChI is InChI=1S/C16H33NO3/c1-13-10-14(2)15(16(18)11-13)12-17(7-9-20-4)6-5-8-19-3/h13-16,18H,5-12H2,1-4H3. The minimum atomic E-state index is -0.152. The first-order valence-electron chi connectivity index (χ1n) is 7.96. The summed E-state index contributed by atoms with van der Waals surface area (Å²) < 4.78 is 10.3. The molecule has 1 saturated carbocycles. The van der Waals surface area contributed by atoms with Crippen molar-refractivity contribution in [1.82, 2.24) is 4.90 Å². The van der Waals surface area contributed by atoms with Crippen LogP contribution in [0.2, 0.25) is 0 Å². The molecule has 1 aliphatic rings. The van der Waals surface area contributed by atoms with Gasteiger partial charge in [0.1, 0.15) is 0 Å². The van der Waals surface area contributed by atoms with Crippen LogP contribution < -0.4 is 0 Å². The largest absolute Gasteiger partial charge is 0.393 e. The van der Waals surface area contributed by atoms with E-state index in [1.165, 1.54) is 6.42 Å². The number of hydrogen-bond acceptors (Lipinski definition) is 4. The average Bonchev–Trinajstić information content (AvgIpc) is 2.39. The predicted octanol–water partition coefficient (Wildman–Crippen LogP) is 2.01. The molecule has 1 aliphatic carbocycles. The van der Waals surface area contributed by atoms with Crippen molar-refractivity contribution in [1.29, 1.82) is 0 Å². The van der Waals surface area contributed by atoms with Crippen molar-refractivity contribution in [2.75, 3.05) is 47.1 Å². The van der Waals surface area contributed by atoms with Gasteiger partial charge >= 0.3 is 0 Å². The fraction of sp³-hybridized carbons (Fsp3) is 1.00. The summed E-state index contributed by atoms with van der Waals surface area (Å²) in [5.41, 5.74) is 0. The van der Waals surface area contributed by atoms with Gasteiger partial charge in [0.25, 0.3) is 0 Å². The van der Waals surface area contributed by atoms with Gasteiger partial charge in [-0.15, -0.1) is 0 Å². The monoisotopic (exact) mass is 287 g/mol. The van der Waals surface area contributed by atoms with Gasteiger partial charge in [-0.3, -0.25) is 0 Å². The summed E-state index contributed by atoms with van der Waals surface area (Å²) in [7, 11) is 3.49. The fourth-order valence-corrected chi connectivity index (χ4v) is 3.42. The second kappa shape index (κ2) is 9.72. The Balaban J connectivity index is 2.48. The molecule has 4 unspecified atom stereocenters. The third-order valence-corrected chi connectivity index (χ3v) is 4.55. The van der Waals surface area contributed by atoms with E-state index in [-0.39, 0.29) is 6.10 Å². The zero-order valence-corrected chi connectivity index (χ0v) is 13.7. The topological polar surface area (TPSA) is 41.9 Å². The normalized spacial score (nSPS) is 30.9. The zero-order chi connectivity index (χ0) is 15.0. The van der Waals surface area contributed by atoms with Gasteiger partial charge in [-0.2, -0.15) is 0 Å². The van der Waals surface area contributed by atoms with E-state index in [1.54, 1.807) is 14.2 Å². The molecular formula is C16H33NO3. The molecule has 20 heavy (non-hydrogen) atoms. The summed E-state index contributed by atoms with van der Waals surface area (Å²) in [5, 5.41) is 10.4. The molecule has 0 aromatic carbocycles. The first kappa shape index (κ1) is 17.9. The number of hydrogen-bond donors (Lipinski definition) is 1. The Hall–Kier alpha value is -0.160. The highest BCUT2D eigenvalue weighted by Crippen LogP contribution is 2.34. The minimum Gasteiger partial charge on any atom is -0.393 e. The van der Waals surface area contributed by atoms with Crippen molar-refractivity contribution in [3.05, 3.63) is 0 Å². The van der Waals surface area contributed by atoms with Gasteiger partial charge in [-0.1, -0.05) is 13.8 Å². The molecule has 4 heteroatoms. The lowest BCUT2D eigenvalue weighted by Gasteiger charge is -2.39. The first-order chi connectivity index (χ1) is 9.58. The summed E-state index contributed by atoms with van der Waals surface area (Å²) in [6.07, 6.45) is 3.07. The van der Waals surface area contributed by atoms with Crippen LogP contribution in [-0.4, -0.2) is 63.2 Å². The van der Waals surface area contributed by atoms with Gasteiger partial charge in [0, 0.05) is 46.4 Å². The lowest BCUT2D eigenvalue weighted by molar-refractivity contribution is -0.00623. The number of ether oxygens (including phenoxy) is 2. The number of nitrogens with zero attached hydrogens (tertiary/aromatic N) is 1. The summed E-state index contributed by atoms with van der Waals surface area (Å²) >= 11 is 0. The molecule has 0 aromatic rings. The second-order valence-corrected chi connectivity index (χ2v) is 6.42. The van der Waals surface area contributed by atoms with Gasteiger partial charge in [-0.25, -0.2) is 0 Å². The van der Waals surface area contributed by atoms with Gasteiger partial charge < -0.3 is 19.5 Å². The van der Waals surface area contributed by atoms with E-state index in [4.69, 9.17) is 9.47 Å². The van der Waals surface area contributed by atoms with Crippen molar-refractivity contribution in [3.63, 3.8) is 0 Å². The third kappa shape index (κ3) is 6.08. The fourth-order valence-electron chi connectivity index (χ4n) is 3.42. The van der Waals surface area contributed by atoms with Crippen molar-refractivity contribution in [2.24, 2.45) is 17.8 Å². The molecular weight excluding hydrogens is 254 g/mol. The third-order valence-electron chi connectivity index (χ3n) is 4.55. The molecule has 1 fully saturated rings. The Bertz CT molecular complexity index is 238. The van der Waals surface area contributed by atoms with Crippen LogP contribution in [0.15, 0.2) is 0 Å². The van der Waals surface area contributed by atoms with Crippen molar-refractivity contribution in [2.45, 2.75) is 39.2 Å². The molecule has 0 spiro atoms. The van der Waals surface area contributed by atoms with Gasteiger partial charge in [0.05, 0.1) is 12.7 Å². The second-order valence-electron chi connectivity index (χ2n) is 6.42. The van der Waals surface area contributed by atoms with E-state index in [1.807, 2.05) is 0 Å². The predicted molar refractivity (Wildman–Crippen MR) is 81.9 cm³/mol. The Morgan fingerprint density at radius 3 is 2.35 bits per heavy atom. The Labute approximate surface area is 124 Å². The van der Waals surface area contributed by atoms with Gasteiger partial charge in [0.2, 0.25) is 0 Å². The molecule has 0 bridgehead atoms. The Kier molecular flexibility index (Phi) is 8.69. The Morgan fingerprint density at radius 2 is 1.75 bits per heavy atom. The van der Waals surface area contributed by atoms with Crippen LogP contribution in [0.3, 0.4) is 0 Å². The molecule has 1 rings (SSSR count). The SMILES string of the molecule is COCCCN(CCOC)CC1C(C)CC(C)CC1O. The van der Waals surface area contributed by atoms with E-state index < -0.39 is 0 Å². The van der Waals surface area contributed by atoms with Crippen LogP contribution >= 0.6 is 0 Å². The number of aliphatic hydroxyl groups is 1. The summed E-state index contributed by atoms with van der Waals surface area (Å²) in [6.45, 7) is 9.00. The molecule has 4 atom stereocenters. The zero-order valence-electron chi connectivity index (χ0n) is 13.7. The van der Waals surface area contributed by atoms with Gasteiger partial charge in [0.15, 0.2) is 0 Å². The molecule has 0 heterocycles. The van der Waals surface area contributed by atoms with Crippen LogP contribution in [-0.2, 0) is 9.47 Å². The smallest absolute Gasteiger partial charge is 0.0589 e. The van der Waals surface area contributed by atoms with Crippen molar-refractivity contribution in [3.8, 4) is 0 Å². The number of methoxy groups -OCH3 is 2. The molecule has 0 aromatic heterocycles. The van der Waals surface area contributed by atoms with Crippen molar-refractivity contribution < 1.29 is 14.6 Å².